The van der Waals surface area contributed by atoms with Crippen LogP contribution in [0.15, 0.2) is 28.8 Å². The summed E-state index contributed by atoms with van der Waals surface area (Å²) >= 11 is 0. The molecule has 2 N–H and O–H groups in total. The van der Waals surface area contributed by atoms with Crippen LogP contribution >= 0.6 is 0 Å². The quantitative estimate of drug-likeness (QED) is 0.612. The van der Waals surface area contributed by atoms with E-state index in [1.54, 1.807) is 32.0 Å². The van der Waals surface area contributed by atoms with Crippen molar-refractivity contribution in [2.45, 2.75) is 45.6 Å². The highest BCUT2D eigenvalue weighted by Gasteiger charge is 2.24. The second kappa shape index (κ2) is 10.9. The van der Waals surface area contributed by atoms with Crippen LogP contribution in [-0.2, 0) is 19.1 Å². The van der Waals surface area contributed by atoms with Crippen LogP contribution in [0.25, 0.3) is 0 Å². The van der Waals surface area contributed by atoms with Crippen molar-refractivity contribution in [2.75, 3.05) is 29.9 Å². The lowest BCUT2D eigenvalue weighted by Gasteiger charge is -2.20. The number of aromatic nitrogens is 1. The number of aryl methyl sites for hydroxylation is 2. The van der Waals surface area contributed by atoms with Crippen LogP contribution in [0.3, 0.4) is 0 Å². The van der Waals surface area contributed by atoms with Gasteiger partial charge in [-0.2, -0.15) is 0 Å². The molecule has 0 unspecified atom stereocenters. The Balaban J connectivity index is 1.56. The van der Waals surface area contributed by atoms with Gasteiger partial charge in [0.15, 0.2) is 5.82 Å². The monoisotopic (exact) mass is 446 g/mol. The van der Waals surface area contributed by atoms with Crippen molar-refractivity contribution < 1.29 is 28.0 Å². The van der Waals surface area contributed by atoms with Gasteiger partial charge in [0.1, 0.15) is 18.1 Å². The highest BCUT2D eigenvalue weighted by Crippen LogP contribution is 2.17. The van der Waals surface area contributed by atoms with Gasteiger partial charge < -0.3 is 19.9 Å². The highest BCUT2D eigenvalue weighted by atomic mass is 19.1. The molecule has 0 spiro atoms. The molecule has 0 bridgehead atoms. The largest absolute Gasteiger partial charge is 0.376 e. The van der Waals surface area contributed by atoms with Crippen molar-refractivity contribution in [1.29, 1.82) is 0 Å². The van der Waals surface area contributed by atoms with Gasteiger partial charge in [-0.15, -0.1) is 0 Å². The maximum absolute atomic E-state index is 13.6. The second-order valence-electron chi connectivity index (χ2n) is 7.73. The van der Waals surface area contributed by atoms with Gasteiger partial charge in [0.2, 0.25) is 17.7 Å². The fourth-order valence-corrected chi connectivity index (χ4v) is 3.26. The van der Waals surface area contributed by atoms with Crippen molar-refractivity contribution in [3.8, 4) is 0 Å². The van der Waals surface area contributed by atoms with E-state index in [0.717, 1.165) is 12.8 Å². The Labute approximate surface area is 185 Å². The van der Waals surface area contributed by atoms with Crippen molar-refractivity contribution in [2.24, 2.45) is 0 Å². The molecule has 0 aliphatic carbocycles. The van der Waals surface area contributed by atoms with Gasteiger partial charge in [-0.25, -0.2) is 4.39 Å². The molecule has 2 heterocycles. The fourth-order valence-electron chi connectivity index (χ4n) is 3.26. The third-order valence-corrected chi connectivity index (χ3v) is 5.07. The first-order valence-corrected chi connectivity index (χ1v) is 10.5. The lowest BCUT2D eigenvalue weighted by molar-refractivity contribution is -0.125. The zero-order valence-electron chi connectivity index (χ0n) is 18.2. The lowest BCUT2D eigenvalue weighted by Crippen LogP contribution is -2.43. The minimum Gasteiger partial charge on any atom is -0.376 e. The first-order valence-electron chi connectivity index (χ1n) is 10.5. The third-order valence-electron chi connectivity index (χ3n) is 5.07. The second-order valence-corrected chi connectivity index (χ2v) is 7.73. The van der Waals surface area contributed by atoms with Crippen molar-refractivity contribution >= 4 is 29.2 Å². The van der Waals surface area contributed by atoms with Gasteiger partial charge in [0.25, 0.3) is 0 Å². The van der Waals surface area contributed by atoms with E-state index in [2.05, 4.69) is 15.8 Å². The summed E-state index contributed by atoms with van der Waals surface area (Å²) in [5, 5.41) is 9.15. The Morgan fingerprint density at radius 3 is 2.66 bits per heavy atom. The summed E-state index contributed by atoms with van der Waals surface area (Å²) in [7, 11) is 0. The number of hydrogen-bond acceptors (Lipinski definition) is 6. The molecule has 2 aromatic rings. The zero-order valence-corrected chi connectivity index (χ0v) is 18.2. The van der Waals surface area contributed by atoms with E-state index in [9.17, 15) is 18.8 Å². The minimum atomic E-state index is -0.462. The molecule has 1 aromatic carbocycles. The fraction of sp³-hybridized carbons (Fsp3) is 0.455. The number of halogens is 1. The number of anilines is 2. The number of ether oxygens (including phenoxy) is 1. The number of amides is 3. The zero-order chi connectivity index (χ0) is 23.1. The molecule has 1 fully saturated rings. The van der Waals surface area contributed by atoms with Gasteiger partial charge in [-0.1, -0.05) is 11.2 Å². The van der Waals surface area contributed by atoms with Crippen molar-refractivity contribution in [3.63, 3.8) is 0 Å². The Kier molecular flexibility index (Phi) is 7.93. The molecule has 0 radical (unpaired) electrons. The average molecular weight is 446 g/mol. The standard InChI is InChI=1S/C22H27FN4O5/c1-14-5-6-16(11-18(14)23)25-20(28)7-8-22(30)27(19-10-15(2)32-26-19)13-21(29)24-12-17-4-3-9-31-17/h5-6,10-11,17H,3-4,7-9,12-13H2,1-2H3,(H,24,29)(H,25,28)/t17-/m0/s1. The molecule has 1 aliphatic rings. The Bertz CT molecular complexity index is 971. The summed E-state index contributed by atoms with van der Waals surface area (Å²) in [5.41, 5.74) is 0.775. The molecule has 0 saturated carbocycles. The van der Waals surface area contributed by atoms with Gasteiger partial charge >= 0.3 is 0 Å². The predicted molar refractivity (Wildman–Crippen MR) is 115 cm³/mol. The van der Waals surface area contributed by atoms with Crippen molar-refractivity contribution in [1.82, 2.24) is 10.5 Å². The van der Waals surface area contributed by atoms with E-state index in [-0.39, 0.29) is 37.2 Å². The average Bonchev–Trinajstić information content (AvgIpc) is 3.43. The van der Waals surface area contributed by atoms with Gasteiger partial charge in [0.05, 0.1) is 6.10 Å². The number of hydrogen-bond donors (Lipinski definition) is 2. The number of nitrogens with one attached hydrogen (secondary N) is 2. The van der Waals surface area contributed by atoms with E-state index in [1.807, 2.05) is 0 Å². The number of carbonyl (C=O) groups is 3. The molecule has 1 atom stereocenters. The van der Waals surface area contributed by atoms with E-state index in [0.29, 0.717) is 30.2 Å². The normalized spacial score (nSPS) is 15.4. The van der Waals surface area contributed by atoms with E-state index in [4.69, 9.17) is 9.26 Å². The third kappa shape index (κ3) is 6.61. The molecule has 10 heteroatoms. The SMILES string of the molecule is Cc1cc(N(CC(=O)NC[C@@H]2CCCO2)C(=O)CCC(=O)Nc2ccc(C)c(F)c2)no1. The lowest BCUT2D eigenvalue weighted by atomic mass is 10.2. The molecule has 32 heavy (non-hydrogen) atoms. The minimum absolute atomic E-state index is 0.0206. The van der Waals surface area contributed by atoms with Crippen LogP contribution in [0.4, 0.5) is 15.9 Å². The first-order chi connectivity index (χ1) is 15.3. The van der Waals surface area contributed by atoms with Crippen molar-refractivity contribution in [3.05, 3.63) is 41.4 Å². The topological polar surface area (TPSA) is 114 Å². The van der Waals surface area contributed by atoms with Gasteiger partial charge in [0, 0.05) is 37.7 Å². The molecule has 172 valence electrons. The van der Waals surface area contributed by atoms with Crippen LogP contribution < -0.4 is 15.5 Å². The molecular weight excluding hydrogens is 419 g/mol. The number of rotatable bonds is 9. The van der Waals surface area contributed by atoms with Crippen LogP contribution in [0, 0.1) is 19.7 Å². The molecule has 1 saturated heterocycles. The molecule has 1 aromatic heterocycles. The van der Waals surface area contributed by atoms with Gasteiger partial charge in [-0.05, 0) is 44.4 Å². The number of benzene rings is 1. The smallest absolute Gasteiger partial charge is 0.240 e. The van der Waals surface area contributed by atoms with Gasteiger partial charge in [-0.3, -0.25) is 19.3 Å². The van der Waals surface area contributed by atoms with Crippen LogP contribution in [0.5, 0.6) is 0 Å². The Morgan fingerprint density at radius 2 is 2.00 bits per heavy atom. The summed E-state index contributed by atoms with van der Waals surface area (Å²) in [4.78, 5) is 38.6. The van der Waals surface area contributed by atoms with Crippen LogP contribution in [-0.4, -0.2) is 48.7 Å². The molecule has 3 rings (SSSR count). The molecule has 3 amide bonds. The summed E-state index contributed by atoms with van der Waals surface area (Å²) in [6, 6.07) is 5.90. The van der Waals surface area contributed by atoms with E-state index in [1.165, 1.54) is 11.0 Å². The molecular formula is C22H27FN4O5. The number of carbonyl (C=O) groups excluding carboxylic acids is 3. The summed E-state index contributed by atoms with van der Waals surface area (Å²) < 4.78 is 24.2. The highest BCUT2D eigenvalue weighted by molar-refractivity contribution is 6.00. The van der Waals surface area contributed by atoms with E-state index >= 15 is 0 Å². The number of nitrogens with zero attached hydrogens (tertiary/aromatic N) is 2. The van der Waals surface area contributed by atoms with Crippen LogP contribution in [0.1, 0.15) is 37.0 Å². The van der Waals surface area contributed by atoms with E-state index < -0.39 is 17.6 Å². The first kappa shape index (κ1) is 23.4. The predicted octanol–water partition coefficient (Wildman–Crippen LogP) is 2.48. The Morgan fingerprint density at radius 1 is 1.19 bits per heavy atom. The summed E-state index contributed by atoms with van der Waals surface area (Å²) in [6.45, 7) is 4.08. The maximum Gasteiger partial charge on any atom is 0.240 e. The maximum atomic E-state index is 13.6. The summed E-state index contributed by atoms with van der Waals surface area (Å²) in [5.74, 6) is -1.02. The molecule has 1 aliphatic heterocycles. The summed E-state index contributed by atoms with van der Waals surface area (Å²) in [6.07, 6.45) is 1.52. The Hall–Kier alpha value is -3.27. The molecule has 9 nitrogen and oxygen atoms in total. The van der Waals surface area contributed by atoms with Crippen LogP contribution in [0.2, 0.25) is 0 Å².